The standard InChI is InChI=1S/C6H12O2S/c1-2-3-4-5-6-9(7)8/h2H,1,3-6H2,(H,7,8). The first kappa shape index (κ1) is 8.85. The normalized spacial score (nSPS) is 13.0. The van der Waals surface area contributed by atoms with Gasteiger partial charge in [0.15, 0.2) is 11.1 Å². The number of allylic oxidation sites excluding steroid dienone is 1. The van der Waals surface area contributed by atoms with E-state index in [2.05, 4.69) is 6.58 Å². The Hall–Kier alpha value is -0.150. The molecule has 0 saturated carbocycles. The molecule has 0 heterocycles. The first-order valence-corrected chi connectivity index (χ1v) is 4.23. The zero-order chi connectivity index (χ0) is 7.11. The first-order chi connectivity index (χ1) is 4.27. The van der Waals surface area contributed by atoms with Crippen molar-refractivity contribution in [1.82, 2.24) is 0 Å². The van der Waals surface area contributed by atoms with Crippen molar-refractivity contribution in [2.45, 2.75) is 19.3 Å². The predicted molar refractivity (Wildman–Crippen MR) is 39.7 cm³/mol. The molecule has 0 aliphatic rings. The molecule has 1 atom stereocenters. The van der Waals surface area contributed by atoms with Crippen molar-refractivity contribution >= 4 is 11.1 Å². The van der Waals surface area contributed by atoms with E-state index in [1.807, 2.05) is 6.08 Å². The van der Waals surface area contributed by atoms with Crippen LogP contribution in [0.2, 0.25) is 0 Å². The van der Waals surface area contributed by atoms with Crippen LogP contribution in [0.3, 0.4) is 0 Å². The highest BCUT2D eigenvalue weighted by Gasteiger charge is 1.90. The van der Waals surface area contributed by atoms with Crippen molar-refractivity contribution in [2.24, 2.45) is 0 Å². The average molecular weight is 148 g/mol. The third kappa shape index (κ3) is 7.85. The van der Waals surface area contributed by atoms with E-state index < -0.39 is 11.1 Å². The van der Waals surface area contributed by atoms with Crippen molar-refractivity contribution in [2.75, 3.05) is 5.75 Å². The summed E-state index contributed by atoms with van der Waals surface area (Å²) in [5.74, 6) is 0.397. The first-order valence-electron chi connectivity index (χ1n) is 2.95. The summed E-state index contributed by atoms with van der Waals surface area (Å²) in [6.07, 6.45) is 4.54. The quantitative estimate of drug-likeness (QED) is 0.365. The smallest absolute Gasteiger partial charge is 0.152 e. The summed E-state index contributed by atoms with van der Waals surface area (Å²) < 4.78 is 18.3. The van der Waals surface area contributed by atoms with E-state index in [1.54, 1.807) is 0 Å². The molecule has 0 aliphatic carbocycles. The van der Waals surface area contributed by atoms with Gasteiger partial charge in [0.1, 0.15) is 0 Å². The molecule has 0 amide bonds. The van der Waals surface area contributed by atoms with E-state index >= 15 is 0 Å². The molecule has 0 saturated heterocycles. The SMILES string of the molecule is C=CCCCCS(=O)O. The second-order valence-corrected chi connectivity index (χ2v) is 2.86. The van der Waals surface area contributed by atoms with Crippen LogP contribution in [0.25, 0.3) is 0 Å². The minimum atomic E-state index is -1.60. The molecule has 0 aromatic carbocycles. The molecular formula is C6H12O2S. The summed E-state index contributed by atoms with van der Waals surface area (Å²) >= 11 is -1.60. The van der Waals surface area contributed by atoms with E-state index in [9.17, 15) is 4.21 Å². The van der Waals surface area contributed by atoms with E-state index in [-0.39, 0.29) is 0 Å². The molecule has 9 heavy (non-hydrogen) atoms. The lowest BCUT2D eigenvalue weighted by Crippen LogP contribution is -1.93. The number of rotatable bonds is 5. The highest BCUT2D eigenvalue weighted by molar-refractivity contribution is 7.79. The lowest BCUT2D eigenvalue weighted by molar-refractivity contribution is 0.560. The lowest BCUT2D eigenvalue weighted by atomic mass is 10.2. The van der Waals surface area contributed by atoms with Gasteiger partial charge in [-0.1, -0.05) is 6.08 Å². The van der Waals surface area contributed by atoms with Gasteiger partial charge in [-0.2, -0.15) is 0 Å². The van der Waals surface area contributed by atoms with Crippen LogP contribution in [0.5, 0.6) is 0 Å². The Morgan fingerprint density at radius 2 is 2.22 bits per heavy atom. The fourth-order valence-electron chi connectivity index (χ4n) is 0.514. The van der Waals surface area contributed by atoms with E-state index in [1.165, 1.54) is 0 Å². The van der Waals surface area contributed by atoms with Crippen molar-refractivity contribution in [3.63, 3.8) is 0 Å². The Balaban J connectivity index is 2.91. The van der Waals surface area contributed by atoms with Crippen LogP contribution in [-0.4, -0.2) is 14.5 Å². The predicted octanol–water partition coefficient (Wildman–Crippen LogP) is 1.56. The van der Waals surface area contributed by atoms with Crippen LogP contribution in [0.1, 0.15) is 19.3 Å². The largest absolute Gasteiger partial charge is 0.306 e. The van der Waals surface area contributed by atoms with Crippen LogP contribution in [-0.2, 0) is 11.1 Å². The summed E-state index contributed by atoms with van der Waals surface area (Å²) in [4.78, 5) is 0. The van der Waals surface area contributed by atoms with Gasteiger partial charge in [-0.05, 0) is 19.3 Å². The maximum atomic E-state index is 10.0. The van der Waals surface area contributed by atoms with Crippen molar-refractivity contribution in [1.29, 1.82) is 0 Å². The molecule has 0 radical (unpaired) electrons. The second kappa shape index (κ2) is 5.98. The van der Waals surface area contributed by atoms with Gasteiger partial charge < -0.3 is 4.55 Å². The molecule has 0 rings (SSSR count). The van der Waals surface area contributed by atoms with Gasteiger partial charge in [-0.15, -0.1) is 6.58 Å². The Bertz CT molecular complexity index is 101. The summed E-state index contributed by atoms with van der Waals surface area (Å²) in [5.41, 5.74) is 0. The third-order valence-corrected chi connectivity index (χ3v) is 1.62. The third-order valence-electron chi connectivity index (χ3n) is 0.977. The van der Waals surface area contributed by atoms with Gasteiger partial charge in [0, 0.05) is 5.75 Å². The van der Waals surface area contributed by atoms with Gasteiger partial charge in [0.25, 0.3) is 0 Å². The molecule has 0 spiro atoms. The van der Waals surface area contributed by atoms with Gasteiger partial charge in [-0.25, -0.2) is 4.21 Å². The number of hydrogen-bond donors (Lipinski definition) is 1. The minimum absolute atomic E-state index is 0.397. The lowest BCUT2D eigenvalue weighted by Gasteiger charge is -1.91. The average Bonchev–Trinajstić information content (AvgIpc) is 1.80. The highest BCUT2D eigenvalue weighted by atomic mass is 32.2. The van der Waals surface area contributed by atoms with Crippen molar-refractivity contribution in [3.8, 4) is 0 Å². The monoisotopic (exact) mass is 148 g/mol. The zero-order valence-corrected chi connectivity index (χ0v) is 6.19. The van der Waals surface area contributed by atoms with E-state index in [0.717, 1.165) is 19.3 Å². The minimum Gasteiger partial charge on any atom is -0.306 e. The molecule has 0 bridgehead atoms. The number of hydrogen-bond acceptors (Lipinski definition) is 1. The van der Waals surface area contributed by atoms with Crippen LogP contribution in [0.4, 0.5) is 0 Å². The maximum absolute atomic E-state index is 10.0. The van der Waals surface area contributed by atoms with E-state index in [4.69, 9.17) is 4.55 Å². The van der Waals surface area contributed by atoms with Gasteiger partial charge in [0.05, 0.1) is 0 Å². The summed E-state index contributed by atoms with van der Waals surface area (Å²) in [7, 11) is 0. The molecule has 1 N–H and O–H groups in total. The summed E-state index contributed by atoms with van der Waals surface area (Å²) in [6.45, 7) is 3.54. The van der Waals surface area contributed by atoms with Crippen LogP contribution in [0.15, 0.2) is 12.7 Å². The Morgan fingerprint density at radius 3 is 2.67 bits per heavy atom. The molecule has 0 aromatic rings. The number of unbranched alkanes of at least 4 members (excludes halogenated alkanes) is 2. The van der Waals surface area contributed by atoms with E-state index in [0.29, 0.717) is 5.75 Å². The van der Waals surface area contributed by atoms with Crippen LogP contribution >= 0.6 is 0 Å². The topological polar surface area (TPSA) is 37.3 Å². The summed E-state index contributed by atoms with van der Waals surface area (Å²) in [5, 5.41) is 0. The molecule has 0 aliphatic heterocycles. The van der Waals surface area contributed by atoms with Gasteiger partial charge in [-0.3, -0.25) is 0 Å². The zero-order valence-electron chi connectivity index (χ0n) is 5.38. The molecule has 3 heteroatoms. The maximum Gasteiger partial charge on any atom is 0.152 e. The molecule has 2 nitrogen and oxygen atoms in total. The highest BCUT2D eigenvalue weighted by Crippen LogP contribution is 1.95. The Morgan fingerprint density at radius 1 is 1.56 bits per heavy atom. The van der Waals surface area contributed by atoms with Crippen molar-refractivity contribution in [3.05, 3.63) is 12.7 Å². The fourth-order valence-corrected chi connectivity index (χ4v) is 0.965. The molecule has 0 fully saturated rings. The fraction of sp³-hybridized carbons (Fsp3) is 0.667. The summed E-state index contributed by atoms with van der Waals surface area (Å²) in [6, 6.07) is 0. The Labute approximate surface area is 58.3 Å². The molecule has 1 unspecified atom stereocenters. The Kier molecular flexibility index (Phi) is 5.88. The molecular weight excluding hydrogens is 136 g/mol. The van der Waals surface area contributed by atoms with Crippen LogP contribution in [0, 0.1) is 0 Å². The second-order valence-electron chi connectivity index (χ2n) is 1.81. The molecule has 54 valence electrons. The van der Waals surface area contributed by atoms with Gasteiger partial charge >= 0.3 is 0 Å². The van der Waals surface area contributed by atoms with Crippen molar-refractivity contribution < 1.29 is 8.76 Å². The van der Waals surface area contributed by atoms with Crippen LogP contribution < -0.4 is 0 Å². The van der Waals surface area contributed by atoms with Gasteiger partial charge in [0.2, 0.25) is 0 Å². The molecule has 0 aromatic heterocycles.